The summed E-state index contributed by atoms with van der Waals surface area (Å²) in [6.07, 6.45) is 9.78. The molecule has 1 saturated heterocycles. The van der Waals surface area contributed by atoms with Crippen LogP contribution in [0.2, 0.25) is 0 Å². The Morgan fingerprint density at radius 1 is 1.02 bits per heavy atom. The summed E-state index contributed by atoms with van der Waals surface area (Å²) in [4.78, 5) is 11.5. The Balaban J connectivity index is 1.43. The summed E-state index contributed by atoms with van der Waals surface area (Å²) in [5.41, 5.74) is -0.655. The average Bonchev–Trinajstić information content (AvgIpc) is 3.85. The van der Waals surface area contributed by atoms with Gasteiger partial charge >= 0.3 is 6.01 Å². The van der Waals surface area contributed by atoms with Gasteiger partial charge in [-0.25, -0.2) is 13.2 Å². The number of halogens is 3. The van der Waals surface area contributed by atoms with Gasteiger partial charge in [0.25, 0.3) is 0 Å². The standard InChI is InChI=1S/C36H40F3N5O3/c1-4-6-14-40-15-16-41-34-29-32(42-35(43-34)47-22-36(12-13-36)21-44-17-19-46-20-18-44)30(38)28(31(39)33(29)45-3)25-9-7-8-23-10-11-26(37)24(5-2)27(23)25/h2,7-11,40H,4,6,12-22H2,1,3H3,(H,41,42,43). The van der Waals surface area contributed by atoms with Crippen molar-refractivity contribution in [3.63, 3.8) is 0 Å². The molecule has 2 N–H and O–H groups in total. The Bertz CT molecular complexity index is 1800. The quantitative estimate of drug-likeness (QED) is 0.125. The Kier molecular flexibility index (Phi) is 10.0. The van der Waals surface area contributed by atoms with Crippen LogP contribution in [0.1, 0.15) is 38.2 Å². The summed E-state index contributed by atoms with van der Waals surface area (Å²) >= 11 is 0. The van der Waals surface area contributed by atoms with Gasteiger partial charge in [0.15, 0.2) is 17.4 Å². The van der Waals surface area contributed by atoms with E-state index >= 15 is 8.78 Å². The molecule has 2 heterocycles. The fraction of sp³-hybridized carbons (Fsp3) is 0.444. The maximum atomic E-state index is 16.8. The van der Waals surface area contributed by atoms with Crippen molar-refractivity contribution in [3.8, 4) is 35.2 Å². The minimum atomic E-state index is -0.971. The molecule has 2 aliphatic rings. The van der Waals surface area contributed by atoms with E-state index in [1.165, 1.54) is 25.3 Å². The zero-order chi connectivity index (χ0) is 33.0. The van der Waals surface area contributed by atoms with Crippen molar-refractivity contribution >= 4 is 27.5 Å². The first-order valence-corrected chi connectivity index (χ1v) is 16.2. The van der Waals surface area contributed by atoms with Gasteiger partial charge in [-0.2, -0.15) is 9.97 Å². The molecule has 0 unspecified atom stereocenters. The minimum Gasteiger partial charge on any atom is -0.493 e. The van der Waals surface area contributed by atoms with E-state index in [1.807, 2.05) is 0 Å². The normalized spacial score (nSPS) is 15.9. The van der Waals surface area contributed by atoms with Gasteiger partial charge in [0, 0.05) is 43.5 Å². The van der Waals surface area contributed by atoms with Crippen LogP contribution < -0.4 is 20.1 Å². The van der Waals surface area contributed by atoms with Gasteiger partial charge in [0.1, 0.15) is 17.2 Å². The lowest BCUT2D eigenvalue weighted by molar-refractivity contribution is 0.0231. The number of fused-ring (bicyclic) bond motifs is 2. The molecule has 4 aromatic rings. The Morgan fingerprint density at radius 3 is 2.55 bits per heavy atom. The molecule has 0 amide bonds. The van der Waals surface area contributed by atoms with Gasteiger partial charge in [0.05, 0.1) is 43.4 Å². The molecule has 0 spiro atoms. The molecule has 11 heteroatoms. The van der Waals surface area contributed by atoms with E-state index in [0.29, 0.717) is 38.3 Å². The minimum absolute atomic E-state index is 0.0287. The van der Waals surface area contributed by atoms with E-state index in [0.717, 1.165) is 51.9 Å². The maximum Gasteiger partial charge on any atom is 0.319 e. The molecule has 8 nitrogen and oxygen atoms in total. The molecule has 1 aliphatic carbocycles. The molecule has 6 rings (SSSR count). The summed E-state index contributed by atoms with van der Waals surface area (Å²) in [7, 11) is 1.30. The number of nitrogens with zero attached hydrogens (tertiary/aromatic N) is 3. The molecule has 0 radical (unpaired) electrons. The molecule has 0 bridgehead atoms. The summed E-state index contributed by atoms with van der Waals surface area (Å²) in [6.45, 7) is 8.38. The van der Waals surface area contributed by atoms with E-state index in [9.17, 15) is 4.39 Å². The van der Waals surface area contributed by atoms with Crippen molar-refractivity contribution in [1.82, 2.24) is 20.2 Å². The molecule has 3 aromatic carbocycles. The van der Waals surface area contributed by atoms with Crippen molar-refractivity contribution in [2.75, 3.05) is 71.5 Å². The number of terminal acetylenes is 1. The van der Waals surface area contributed by atoms with Crippen LogP contribution in [0, 0.1) is 35.2 Å². The fourth-order valence-corrected chi connectivity index (χ4v) is 6.25. The number of morpholine rings is 1. The number of aromatic nitrogens is 2. The van der Waals surface area contributed by atoms with Crippen LogP contribution in [0.15, 0.2) is 30.3 Å². The smallest absolute Gasteiger partial charge is 0.319 e. The number of hydrogen-bond donors (Lipinski definition) is 2. The van der Waals surface area contributed by atoms with Crippen LogP contribution in [0.25, 0.3) is 32.8 Å². The predicted molar refractivity (Wildman–Crippen MR) is 178 cm³/mol. The van der Waals surface area contributed by atoms with Crippen LogP contribution in [-0.2, 0) is 4.74 Å². The largest absolute Gasteiger partial charge is 0.493 e. The number of methoxy groups -OCH3 is 1. The van der Waals surface area contributed by atoms with Crippen molar-refractivity contribution in [1.29, 1.82) is 0 Å². The average molecular weight is 648 g/mol. The third-order valence-electron chi connectivity index (χ3n) is 9.00. The highest BCUT2D eigenvalue weighted by Crippen LogP contribution is 2.47. The first-order valence-electron chi connectivity index (χ1n) is 16.2. The van der Waals surface area contributed by atoms with Crippen molar-refractivity contribution in [3.05, 3.63) is 53.3 Å². The van der Waals surface area contributed by atoms with E-state index in [1.54, 1.807) is 12.1 Å². The molecular formula is C36H40F3N5O3. The number of anilines is 1. The molecule has 47 heavy (non-hydrogen) atoms. The van der Waals surface area contributed by atoms with Crippen molar-refractivity contribution in [2.24, 2.45) is 5.41 Å². The molecule has 1 saturated carbocycles. The Hall–Kier alpha value is -4.11. The predicted octanol–water partition coefficient (Wildman–Crippen LogP) is 6.15. The van der Waals surface area contributed by atoms with E-state index < -0.39 is 23.0 Å². The lowest BCUT2D eigenvalue weighted by atomic mass is 9.92. The number of unbranched alkanes of at least 4 members (excludes halogenated alkanes) is 1. The van der Waals surface area contributed by atoms with Crippen LogP contribution in [0.5, 0.6) is 11.8 Å². The topological polar surface area (TPSA) is 80.8 Å². The Morgan fingerprint density at radius 2 is 1.83 bits per heavy atom. The van der Waals surface area contributed by atoms with Crippen LogP contribution in [-0.4, -0.2) is 81.1 Å². The van der Waals surface area contributed by atoms with E-state index in [-0.39, 0.29) is 50.4 Å². The highest BCUT2D eigenvalue weighted by atomic mass is 19.1. The van der Waals surface area contributed by atoms with Crippen molar-refractivity contribution < 1.29 is 27.4 Å². The number of hydrogen-bond acceptors (Lipinski definition) is 8. The van der Waals surface area contributed by atoms with Crippen LogP contribution in [0.4, 0.5) is 19.0 Å². The monoisotopic (exact) mass is 647 g/mol. The highest BCUT2D eigenvalue weighted by molar-refractivity contribution is 6.05. The third-order valence-corrected chi connectivity index (χ3v) is 9.00. The van der Waals surface area contributed by atoms with Gasteiger partial charge in [-0.15, -0.1) is 6.42 Å². The fourth-order valence-electron chi connectivity index (χ4n) is 6.25. The van der Waals surface area contributed by atoms with Gasteiger partial charge in [-0.05, 0) is 42.8 Å². The zero-order valence-corrected chi connectivity index (χ0v) is 26.9. The van der Waals surface area contributed by atoms with E-state index in [2.05, 4.69) is 38.3 Å². The van der Waals surface area contributed by atoms with Crippen LogP contribution in [0.3, 0.4) is 0 Å². The van der Waals surface area contributed by atoms with Gasteiger partial charge in [-0.3, -0.25) is 4.90 Å². The van der Waals surface area contributed by atoms with E-state index in [4.69, 9.17) is 20.6 Å². The molecule has 248 valence electrons. The third kappa shape index (κ3) is 6.82. The molecule has 0 atom stereocenters. The molecule has 1 aromatic heterocycles. The number of rotatable bonds is 14. The first kappa shape index (κ1) is 32.8. The van der Waals surface area contributed by atoms with Crippen molar-refractivity contribution in [2.45, 2.75) is 32.6 Å². The second-order valence-corrected chi connectivity index (χ2v) is 12.3. The highest BCUT2D eigenvalue weighted by Gasteiger charge is 2.45. The zero-order valence-electron chi connectivity index (χ0n) is 26.9. The SMILES string of the molecule is C#Cc1c(F)ccc2cccc(-c3c(F)c(OC)c4c(NCCNCCCC)nc(OCC5(CN6CCOCC6)CC5)nc4c3F)c12. The Labute approximate surface area is 273 Å². The second kappa shape index (κ2) is 14.3. The number of nitrogens with one attached hydrogen (secondary N) is 2. The van der Waals surface area contributed by atoms with Gasteiger partial charge in [0.2, 0.25) is 0 Å². The maximum absolute atomic E-state index is 16.8. The molecular weight excluding hydrogens is 607 g/mol. The van der Waals surface area contributed by atoms with Crippen LogP contribution >= 0.6 is 0 Å². The number of benzene rings is 3. The lowest BCUT2D eigenvalue weighted by Gasteiger charge is -2.30. The summed E-state index contributed by atoms with van der Waals surface area (Å²) in [5, 5.41) is 7.37. The summed E-state index contributed by atoms with van der Waals surface area (Å²) < 4.78 is 65.5. The first-order chi connectivity index (χ1) is 22.9. The van der Waals surface area contributed by atoms with Gasteiger partial charge < -0.3 is 24.8 Å². The molecule has 1 aliphatic heterocycles. The summed E-state index contributed by atoms with van der Waals surface area (Å²) in [6, 6.07) is 7.60. The summed E-state index contributed by atoms with van der Waals surface area (Å²) in [5.74, 6) is -0.288. The molecule has 2 fully saturated rings. The lowest BCUT2D eigenvalue weighted by Crippen LogP contribution is -2.41. The van der Waals surface area contributed by atoms with Gasteiger partial charge in [-0.1, -0.05) is 43.5 Å². The second-order valence-electron chi connectivity index (χ2n) is 12.3. The number of ether oxygens (including phenoxy) is 3.